The summed E-state index contributed by atoms with van der Waals surface area (Å²) in [5, 5.41) is 25.6. The smallest absolute Gasteiger partial charge is 0.332 e. The molecule has 4 N–H and O–H groups in total. The number of hydrogen-bond acceptors (Lipinski definition) is 7. The Labute approximate surface area is 192 Å². The van der Waals surface area contributed by atoms with Gasteiger partial charge < -0.3 is 10.4 Å². The van der Waals surface area contributed by atoms with Gasteiger partial charge in [0.15, 0.2) is 14.9 Å². The number of urea groups is 1. The maximum atomic E-state index is 14.1. The molecule has 2 heterocycles. The van der Waals surface area contributed by atoms with Crippen molar-refractivity contribution >= 4 is 36.2 Å². The number of anilines is 1. The highest BCUT2D eigenvalue weighted by atomic mass is 32.2. The Morgan fingerprint density at radius 3 is 2.79 bits per heavy atom. The first-order valence-corrected chi connectivity index (χ1v) is 11.6. The highest BCUT2D eigenvalue weighted by Gasteiger charge is 2.21. The van der Waals surface area contributed by atoms with Crippen molar-refractivity contribution < 1.29 is 18.5 Å². The molecule has 0 radical (unpaired) electrons. The maximum Gasteiger partial charge on any atom is 0.332 e. The normalized spacial score (nSPS) is 13.1. The van der Waals surface area contributed by atoms with E-state index in [1.807, 2.05) is 6.07 Å². The number of benzene rings is 1. The summed E-state index contributed by atoms with van der Waals surface area (Å²) >= 11 is 0. The number of carbonyl (C=O) groups is 1. The van der Waals surface area contributed by atoms with E-state index in [0.717, 1.165) is 0 Å². The largest absolute Gasteiger partial charge is 0.389 e. The number of pyridine rings is 1. The summed E-state index contributed by atoms with van der Waals surface area (Å²) in [6, 6.07) is 7.56. The molecule has 0 spiro atoms. The zero-order valence-corrected chi connectivity index (χ0v) is 19.6. The first-order chi connectivity index (χ1) is 15.4. The number of carbonyl (C=O) groups excluding carboxylic acids is 1. The Kier molecular flexibility index (Phi) is 6.78. The lowest BCUT2D eigenvalue weighted by molar-refractivity contribution is 0.0573. The van der Waals surface area contributed by atoms with Gasteiger partial charge in [-0.3, -0.25) is 4.68 Å². The fraction of sp³-hybridized carbons (Fsp3) is 0.200. The fourth-order valence-electron chi connectivity index (χ4n) is 2.96. The van der Waals surface area contributed by atoms with E-state index in [4.69, 9.17) is 10.0 Å². The predicted octanol–water partition coefficient (Wildman–Crippen LogP) is 2.37. The van der Waals surface area contributed by atoms with Gasteiger partial charge in [-0.2, -0.15) is 10.4 Å². The molecule has 2 amide bonds. The highest BCUT2D eigenvalue weighted by molar-refractivity contribution is 7.91. The lowest BCUT2D eigenvalue weighted by Gasteiger charge is -2.17. The SMILES string of the molecule is CC(C)(O)Cn1ccc(S(=N)(=O)NC(=O)Nc2c(P)cc(F)cc2-c2ccnc(C#N)c2)n1. The molecule has 3 rings (SSSR count). The number of amides is 2. The van der Waals surface area contributed by atoms with Gasteiger partial charge in [0.1, 0.15) is 17.6 Å². The topological polar surface area (TPSA) is 157 Å². The zero-order valence-electron chi connectivity index (χ0n) is 17.7. The van der Waals surface area contributed by atoms with Gasteiger partial charge in [-0.25, -0.2) is 27.9 Å². The van der Waals surface area contributed by atoms with Crippen LogP contribution in [0.2, 0.25) is 0 Å². The second-order valence-electron chi connectivity index (χ2n) is 7.74. The van der Waals surface area contributed by atoms with Gasteiger partial charge in [-0.15, -0.1) is 9.24 Å². The number of hydrogen-bond donors (Lipinski definition) is 4. The van der Waals surface area contributed by atoms with E-state index in [1.165, 1.54) is 41.3 Å². The molecule has 2 atom stereocenters. The fourth-order valence-corrected chi connectivity index (χ4v) is 4.23. The van der Waals surface area contributed by atoms with Crippen molar-refractivity contribution in [2.75, 3.05) is 5.32 Å². The van der Waals surface area contributed by atoms with E-state index in [-0.39, 0.29) is 28.5 Å². The van der Waals surface area contributed by atoms with Crippen molar-refractivity contribution in [1.82, 2.24) is 19.5 Å². The molecule has 0 bridgehead atoms. The minimum Gasteiger partial charge on any atom is -0.389 e. The van der Waals surface area contributed by atoms with E-state index in [2.05, 4.69) is 29.4 Å². The second-order valence-corrected chi connectivity index (χ2v) is 10.1. The molecule has 3 aromatic rings. The van der Waals surface area contributed by atoms with Crippen LogP contribution in [-0.2, 0) is 16.5 Å². The summed E-state index contributed by atoms with van der Waals surface area (Å²) in [5.41, 5.74) is -0.106. The third-order valence-corrected chi connectivity index (χ3v) is 5.99. The van der Waals surface area contributed by atoms with Gasteiger partial charge in [0.2, 0.25) is 0 Å². The van der Waals surface area contributed by atoms with Crippen LogP contribution in [0, 0.1) is 21.9 Å². The lowest BCUT2D eigenvalue weighted by atomic mass is 10.0. The van der Waals surface area contributed by atoms with Crippen LogP contribution in [0.15, 0.2) is 47.8 Å². The Morgan fingerprint density at radius 2 is 2.12 bits per heavy atom. The molecule has 0 fully saturated rings. The molecule has 10 nitrogen and oxygen atoms in total. The molecule has 33 heavy (non-hydrogen) atoms. The van der Waals surface area contributed by atoms with Gasteiger partial charge in [0, 0.05) is 18.0 Å². The molecule has 172 valence electrons. The number of aromatic nitrogens is 3. The summed E-state index contributed by atoms with van der Waals surface area (Å²) in [7, 11) is -1.54. The van der Waals surface area contributed by atoms with Gasteiger partial charge in [-0.1, -0.05) is 0 Å². The van der Waals surface area contributed by atoms with Crippen molar-refractivity contribution in [3.05, 3.63) is 54.2 Å². The first-order valence-electron chi connectivity index (χ1n) is 9.47. The van der Waals surface area contributed by atoms with Crippen LogP contribution in [0.1, 0.15) is 19.5 Å². The standard InChI is InChI=1S/C20H21FN7O3PS/c1-20(2,30)11-28-6-4-17(26-28)33(23,31)27-19(29)25-18-15(8-13(21)9-16(18)32)12-3-5-24-14(7-12)10-22/h3-9,30H,11,32H2,1-2H3,(H3,23,25,27,29,31). The Balaban J connectivity index is 1.87. The Hall–Kier alpha value is -3.39. The summed E-state index contributed by atoms with van der Waals surface area (Å²) in [5.74, 6) is -0.571. The molecule has 0 aliphatic rings. The molecule has 0 aliphatic heterocycles. The molecular weight excluding hydrogens is 468 g/mol. The van der Waals surface area contributed by atoms with Gasteiger partial charge in [0.25, 0.3) is 0 Å². The van der Waals surface area contributed by atoms with Gasteiger partial charge in [-0.05, 0) is 55.0 Å². The Morgan fingerprint density at radius 1 is 1.39 bits per heavy atom. The molecule has 1 aromatic carbocycles. The van der Waals surface area contributed by atoms with E-state index < -0.39 is 27.4 Å². The number of aliphatic hydroxyl groups is 1. The quantitative estimate of drug-likeness (QED) is 0.390. The van der Waals surface area contributed by atoms with E-state index in [0.29, 0.717) is 10.9 Å². The van der Waals surface area contributed by atoms with Crippen LogP contribution in [0.4, 0.5) is 14.9 Å². The van der Waals surface area contributed by atoms with Crippen LogP contribution in [0.25, 0.3) is 11.1 Å². The average molecular weight is 489 g/mol. The Bertz CT molecular complexity index is 1360. The van der Waals surface area contributed by atoms with E-state index >= 15 is 0 Å². The highest BCUT2D eigenvalue weighted by Crippen LogP contribution is 2.29. The molecule has 13 heteroatoms. The maximum absolute atomic E-state index is 14.1. The monoisotopic (exact) mass is 489 g/mol. The molecule has 0 saturated carbocycles. The number of rotatable bonds is 6. The summed E-state index contributed by atoms with van der Waals surface area (Å²) in [4.78, 5) is 16.5. The van der Waals surface area contributed by atoms with Gasteiger partial charge >= 0.3 is 6.03 Å². The van der Waals surface area contributed by atoms with Crippen LogP contribution in [-0.4, -0.2) is 35.7 Å². The number of nitrogens with zero attached hydrogens (tertiary/aromatic N) is 4. The minimum absolute atomic E-state index is 0.0979. The average Bonchev–Trinajstić information content (AvgIpc) is 3.17. The van der Waals surface area contributed by atoms with Crippen LogP contribution in [0.3, 0.4) is 0 Å². The van der Waals surface area contributed by atoms with E-state index in [1.54, 1.807) is 19.9 Å². The van der Waals surface area contributed by atoms with Crippen molar-refractivity contribution in [1.29, 1.82) is 10.0 Å². The minimum atomic E-state index is -3.83. The zero-order chi connectivity index (χ0) is 24.4. The van der Waals surface area contributed by atoms with Crippen LogP contribution in [0.5, 0.6) is 0 Å². The van der Waals surface area contributed by atoms with Crippen LogP contribution >= 0.6 is 9.24 Å². The number of halogens is 1. The lowest BCUT2D eigenvalue weighted by Crippen LogP contribution is -2.35. The molecule has 0 saturated heterocycles. The van der Waals surface area contributed by atoms with Gasteiger partial charge in [0.05, 0.1) is 17.8 Å². The van der Waals surface area contributed by atoms with Crippen molar-refractivity contribution in [2.45, 2.75) is 31.0 Å². The molecule has 0 aliphatic carbocycles. The third kappa shape index (κ3) is 6.10. The summed E-state index contributed by atoms with van der Waals surface area (Å²) < 4.78 is 38.4. The summed E-state index contributed by atoms with van der Waals surface area (Å²) in [6.07, 6.45) is 2.82. The number of nitriles is 1. The van der Waals surface area contributed by atoms with Crippen molar-refractivity contribution in [3.8, 4) is 17.2 Å². The predicted molar refractivity (Wildman–Crippen MR) is 123 cm³/mol. The van der Waals surface area contributed by atoms with Crippen molar-refractivity contribution in [3.63, 3.8) is 0 Å². The van der Waals surface area contributed by atoms with Crippen molar-refractivity contribution in [2.24, 2.45) is 0 Å². The first kappa shape index (κ1) is 24.3. The summed E-state index contributed by atoms with van der Waals surface area (Å²) in [6.45, 7) is 3.24. The molecule has 2 unspecified atom stereocenters. The van der Waals surface area contributed by atoms with Crippen LogP contribution < -0.4 is 15.3 Å². The molecular formula is C20H21FN7O3PS. The second kappa shape index (κ2) is 9.23. The number of nitrogens with one attached hydrogen (secondary N) is 3. The van der Waals surface area contributed by atoms with E-state index in [9.17, 15) is 18.5 Å². The molecule has 2 aromatic heterocycles. The third-order valence-electron chi connectivity index (χ3n) is 4.25.